The number of pyridine rings is 1. The molecule has 0 saturated carbocycles. The highest BCUT2D eigenvalue weighted by molar-refractivity contribution is 7.89. The monoisotopic (exact) mass is 286 g/mol. The summed E-state index contributed by atoms with van der Waals surface area (Å²) in [7, 11) is -3.49. The minimum atomic E-state index is -3.49. The van der Waals surface area contributed by atoms with Gasteiger partial charge >= 0.3 is 5.97 Å². The van der Waals surface area contributed by atoms with Crippen molar-refractivity contribution in [3.05, 3.63) is 30.1 Å². The topological polar surface area (TPSA) is 96.4 Å². The molecule has 0 radical (unpaired) electrons. The van der Waals surface area contributed by atoms with Crippen molar-refractivity contribution in [2.75, 3.05) is 5.75 Å². The van der Waals surface area contributed by atoms with E-state index in [2.05, 4.69) is 9.71 Å². The van der Waals surface area contributed by atoms with Gasteiger partial charge < -0.3 is 5.11 Å². The smallest absolute Gasteiger partial charge is 0.304 e. The predicted octanol–water partition coefficient (Wildman–Crippen LogP) is 0.797. The molecule has 0 aromatic carbocycles. The molecule has 0 amide bonds. The van der Waals surface area contributed by atoms with E-state index in [0.29, 0.717) is 18.5 Å². The largest absolute Gasteiger partial charge is 0.481 e. The van der Waals surface area contributed by atoms with E-state index >= 15 is 0 Å². The highest BCUT2D eigenvalue weighted by atomic mass is 32.2. The summed E-state index contributed by atoms with van der Waals surface area (Å²) in [6.07, 6.45) is 2.14. The van der Waals surface area contributed by atoms with Crippen molar-refractivity contribution in [2.24, 2.45) is 0 Å². The van der Waals surface area contributed by atoms with Crippen molar-refractivity contribution < 1.29 is 18.3 Å². The molecule has 1 unspecified atom stereocenters. The number of nitrogens with one attached hydrogen (secondary N) is 1. The number of aliphatic carboxylic acids is 1. The number of rotatable bonds is 8. The van der Waals surface area contributed by atoms with Crippen LogP contribution >= 0.6 is 0 Å². The quantitative estimate of drug-likeness (QED) is 0.736. The molecule has 1 aromatic rings. The van der Waals surface area contributed by atoms with E-state index < -0.39 is 22.0 Å². The number of aryl methyl sites for hydroxylation is 1. The maximum absolute atomic E-state index is 11.8. The number of carboxylic acids is 1. The van der Waals surface area contributed by atoms with Gasteiger partial charge in [-0.05, 0) is 18.6 Å². The predicted molar refractivity (Wildman–Crippen MR) is 71.2 cm³/mol. The third-order valence-corrected chi connectivity index (χ3v) is 4.05. The van der Waals surface area contributed by atoms with E-state index in [1.807, 2.05) is 0 Å². The Morgan fingerprint density at radius 2 is 2.21 bits per heavy atom. The van der Waals surface area contributed by atoms with E-state index in [0.717, 1.165) is 0 Å². The summed E-state index contributed by atoms with van der Waals surface area (Å²) in [5.74, 6) is -1.11. The first kappa shape index (κ1) is 15.6. The van der Waals surface area contributed by atoms with Crippen LogP contribution in [0.4, 0.5) is 0 Å². The van der Waals surface area contributed by atoms with Gasteiger partial charge in [-0.3, -0.25) is 9.78 Å². The zero-order valence-electron chi connectivity index (χ0n) is 10.7. The van der Waals surface area contributed by atoms with E-state index in [1.165, 1.54) is 0 Å². The molecule has 1 heterocycles. The van der Waals surface area contributed by atoms with Crippen LogP contribution in [-0.4, -0.2) is 36.3 Å². The van der Waals surface area contributed by atoms with Gasteiger partial charge in [-0.15, -0.1) is 0 Å². The van der Waals surface area contributed by atoms with Crippen LogP contribution < -0.4 is 4.72 Å². The van der Waals surface area contributed by atoms with E-state index in [1.54, 1.807) is 31.3 Å². The highest BCUT2D eigenvalue weighted by Crippen LogP contribution is 2.03. The first-order chi connectivity index (χ1) is 8.93. The number of carboxylic acid groups (broad SMARTS) is 1. The molecule has 2 N–H and O–H groups in total. The summed E-state index contributed by atoms with van der Waals surface area (Å²) in [4.78, 5) is 14.6. The van der Waals surface area contributed by atoms with Crippen molar-refractivity contribution in [3.8, 4) is 0 Å². The standard InChI is InChI=1S/C12H18N2O4S/c1-2-10(9-12(15)16)14-19(17,18)8-6-11-5-3-4-7-13-11/h3-5,7,10,14H,2,6,8-9H2,1H3,(H,15,16). The maximum atomic E-state index is 11.8. The lowest BCUT2D eigenvalue weighted by atomic mass is 10.2. The van der Waals surface area contributed by atoms with Crippen LogP contribution in [0.1, 0.15) is 25.5 Å². The van der Waals surface area contributed by atoms with Gasteiger partial charge in [0.2, 0.25) is 10.0 Å². The van der Waals surface area contributed by atoms with Crippen molar-refractivity contribution in [1.82, 2.24) is 9.71 Å². The minimum absolute atomic E-state index is 0.0971. The first-order valence-corrected chi connectivity index (χ1v) is 7.70. The second-order valence-electron chi connectivity index (χ2n) is 4.21. The van der Waals surface area contributed by atoms with Crippen molar-refractivity contribution in [2.45, 2.75) is 32.2 Å². The van der Waals surface area contributed by atoms with Gasteiger partial charge in [-0.25, -0.2) is 13.1 Å². The number of carbonyl (C=O) groups is 1. The van der Waals surface area contributed by atoms with Crippen LogP contribution in [-0.2, 0) is 21.2 Å². The molecule has 0 fully saturated rings. The Bertz CT molecular complexity index is 502. The summed E-state index contributed by atoms with van der Waals surface area (Å²) >= 11 is 0. The number of nitrogens with zero attached hydrogens (tertiary/aromatic N) is 1. The number of aromatic nitrogens is 1. The summed E-state index contributed by atoms with van der Waals surface area (Å²) in [5.41, 5.74) is 0.694. The molecule has 1 atom stereocenters. The normalized spacial score (nSPS) is 13.1. The average Bonchev–Trinajstić information content (AvgIpc) is 2.36. The molecule has 0 spiro atoms. The third-order valence-electron chi connectivity index (χ3n) is 2.61. The fourth-order valence-electron chi connectivity index (χ4n) is 1.58. The SMILES string of the molecule is CCC(CC(=O)O)NS(=O)(=O)CCc1ccccn1. The molecule has 1 rings (SSSR count). The molecule has 19 heavy (non-hydrogen) atoms. The number of hydrogen-bond acceptors (Lipinski definition) is 4. The third kappa shape index (κ3) is 6.30. The maximum Gasteiger partial charge on any atom is 0.304 e. The fraction of sp³-hybridized carbons (Fsp3) is 0.500. The molecular formula is C12H18N2O4S. The Balaban J connectivity index is 2.53. The average molecular weight is 286 g/mol. The van der Waals surface area contributed by atoms with Gasteiger partial charge in [0.15, 0.2) is 0 Å². The van der Waals surface area contributed by atoms with Crippen LogP contribution in [0.5, 0.6) is 0 Å². The Hall–Kier alpha value is -1.47. The molecule has 0 aliphatic rings. The van der Waals surface area contributed by atoms with Crippen LogP contribution in [0.15, 0.2) is 24.4 Å². The molecule has 0 saturated heterocycles. The zero-order chi connectivity index (χ0) is 14.3. The van der Waals surface area contributed by atoms with Gasteiger partial charge in [0.1, 0.15) is 0 Å². The van der Waals surface area contributed by atoms with Gasteiger partial charge in [-0.2, -0.15) is 0 Å². The molecular weight excluding hydrogens is 268 g/mol. The van der Waals surface area contributed by atoms with E-state index in [-0.39, 0.29) is 12.2 Å². The molecule has 7 heteroatoms. The van der Waals surface area contributed by atoms with Gasteiger partial charge in [0, 0.05) is 24.4 Å². The van der Waals surface area contributed by atoms with E-state index in [9.17, 15) is 13.2 Å². The fourth-order valence-corrected chi connectivity index (χ4v) is 2.93. The minimum Gasteiger partial charge on any atom is -0.481 e. The number of sulfonamides is 1. The Kier molecular flexibility index (Phi) is 5.91. The molecule has 0 aliphatic carbocycles. The Labute approximate surface area is 112 Å². The Morgan fingerprint density at radius 1 is 1.47 bits per heavy atom. The second-order valence-corrected chi connectivity index (χ2v) is 6.08. The molecule has 0 aliphatic heterocycles. The van der Waals surface area contributed by atoms with Crippen molar-refractivity contribution >= 4 is 16.0 Å². The zero-order valence-corrected chi connectivity index (χ0v) is 11.6. The van der Waals surface area contributed by atoms with Crippen LogP contribution in [0.3, 0.4) is 0 Å². The van der Waals surface area contributed by atoms with Crippen LogP contribution in [0.2, 0.25) is 0 Å². The lowest BCUT2D eigenvalue weighted by Gasteiger charge is -2.14. The van der Waals surface area contributed by atoms with Crippen molar-refractivity contribution in [1.29, 1.82) is 0 Å². The summed E-state index contributed by atoms with van der Waals surface area (Å²) in [6.45, 7) is 1.74. The second kappa shape index (κ2) is 7.20. The Morgan fingerprint density at radius 3 is 2.74 bits per heavy atom. The molecule has 1 aromatic heterocycles. The summed E-state index contributed by atoms with van der Waals surface area (Å²) < 4.78 is 26.1. The van der Waals surface area contributed by atoms with Crippen LogP contribution in [0.25, 0.3) is 0 Å². The lowest BCUT2D eigenvalue weighted by molar-refractivity contribution is -0.137. The van der Waals surface area contributed by atoms with Crippen molar-refractivity contribution in [3.63, 3.8) is 0 Å². The molecule has 0 bridgehead atoms. The first-order valence-electron chi connectivity index (χ1n) is 6.04. The van der Waals surface area contributed by atoms with E-state index in [4.69, 9.17) is 5.11 Å². The summed E-state index contributed by atoms with van der Waals surface area (Å²) in [6, 6.07) is 4.74. The van der Waals surface area contributed by atoms with Gasteiger partial charge in [0.05, 0.1) is 12.2 Å². The van der Waals surface area contributed by atoms with Crippen LogP contribution in [0, 0.1) is 0 Å². The molecule has 6 nitrogen and oxygen atoms in total. The van der Waals surface area contributed by atoms with Gasteiger partial charge in [-0.1, -0.05) is 13.0 Å². The molecule has 106 valence electrons. The number of hydrogen-bond donors (Lipinski definition) is 2. The highest BCUT2D eigenvalue weighted by Gasteiger charge is 2.18. The van der Waals surface area contributed by atoms with Gasteiger partial charge in [0.25, 0.3) is 0 Å². The lowest BCUT2D eigenvalue weighted by Crippen LogP contribution is -2.37. The summed E-state index contributed by atoms with van der Waals surface area (Å²) in [5, 5.41) is 8.67.